The summed E-state index contributed by atoms with van der Waals surface area (Å²) in [5.41, 5.74) is 0.819. The lowest BCUT2D eigenvalue weighted by atomic mass is 9.99. The highest BCUT2D eigenvalue weighted by atomic mass is 35.5. The Hall–Kier alpha value is -1.10. The lowest BCUT2D eigenvalue weighted by molar-refractivity contribution is 0.189. The molecule has 3 rings (SSSR count). The molecule has 0 amide bonds. The van der Waals surface area contributed by atoms with Gasteiger partial charge in [-0.1, -0.05) is 35.3 Å². The zero-order valence-corrected chi connectivity index (χ0v) is 14.8. The summed E-state index contributed by atoms with van der Waals surface area (Å²) in [7, 11) is 0. The molecule has 1 aliphatic rings. The van der Waals surface area contributed by atoms with Crippen molar-refractivity contribution in [3.63, 3.8) is 0 Å². The van der Waals surface area contributed by atoms with E-state index in [2.05, 4.69) is 22.0 Å². The fraction of sp³-hybridized carbons (Fsp3) is 0.529. The minimum absolute atomic E-state index is 0.495. The Morgan fingerprint density at radius 2 is 2.00 bits per heavy atom. The van der Waals surface area contributed by atoms with Crippen molar-refractivity contribution in [3.8, 4) is 11.4 Å². The lowest BCUT2D eigenvalue weighted by Crippen LogP contribution is -2.33. The Balaban J connectivity index is 1.52. The molecular formula is C17H21Cl2N3O. The van der Waals surface area contributed by atoms with Crippen LogP contribution in [-0.2, 0) is 6.42 Å². The number of piperidine rings is 1. The summed E-state index contributed by atoms with van der Waals surface area (Å²) in [6.45, 7) is 5.84. The van der Waals surface area contributed by atoms with Crippen LogP contribution in [0.4, 0.5) is 0 Å². The van der Waals surface area contributed by atoms with E-state index >= 15 is 0 Å². The summed E-state index contributed by atoms with van der Waals surface area (Å²) < 4.78 is 5.34. The first-order valence-electron chi connectivity index (χ1n) is 8.12. The number of likely N-dealkylation sites (tertiary alicyclic amines) is 1. The van der Waals surface area contributed by atoms with Crippen molar-refractivity contribution in [2.24, 2.45) is 5.92 Å². The fourth-order valence-corrected chi connectivity index (χ4v) is 3.15. The van der Waals surface area contributed by atoms with E-state index in [1.54, 1.807) is 12.1 Å². The molecule has 0 spiro atoms. The normalized spacial score (nSPS) is 16.8. The Morgan fingerprint density at radius 1 is 1.22 bits per heavy atom. The number of nitrogens with zero attached hydrogens (tertiary/aromatic N) is 3. The molecule has 0 aliphatic carbocycles. The first kappa shape index (κ1) is 16.7. The van der Waals surface area contributed by atoms with Gasteiger partial charge in [0.25, 0.3) is 0 Å². The van der Waals surface area contributed by atoms with Crippen molar-refractivity contribution >= 4 is 23.2 Å². The van der Waals surface area contributed by atoms with Gasteiger partial charge < -0.3 is 9.42 Å². The van der Waals surface area contributed by atoms with Crippen molar-refractivity contribution in [1.82, 2.24) is 15.0 Å². The number of halogens is 2. The van der Waals surface area contributed by atoms with Crippen molar-refractivity contribution in [1.29, 1.82) is 0 Å². The Bertz CT molecular complexity index is 651. The predicted octanol–water partition coefficient (Wildman–Crippen LogP) is 4.71. The van der Waals surface area contributed by atoms with Gasteiger partial charge in [0.05, 0.1) is 10.0 Å². The molecule has 4 nitrogen and oxygen atoms in total. The van der Waals surface area contributed by atoms with E-state index in [9.17, 15) is 0 Å². The number of hydrogen-bond acceptors (Lipinski definition) is 4. The van der Waals surface area contributed by atoms with Gasteiger partial charge in [0, 0.05) is 12.0 Å². The van der Waals surface area contributed by atoms with E-state index in [0.29, 0.717) is 21.8 Å². The SMILES string of the molecule is CC1CCN(CCCc2nc(-c3ccc(Cl)c(Cl)c3)no2)CC1. The smallest absolute Gasteiger partial charge is 0.227 e. The molecule has 0 radical (unpaired) electrons. The molecule has 0 bridgehead atoms. The number of hydrogen-bond donors (Lipinski definition) is 0. The van der Waals surface area contributed by atoms with Crippen LogP contribution in [-0.4, -0.2) is 34.7 Å². The van der Waals surface area contributed by atoms with Crippen molar-refractivity contribution in [2.75, 3.05) is 19.6 Å². The predicted molar refractivity (Wildman–Crippen MR) is 92.9 cm³/mol. The average Bonchev–Trinajstić information content (AvgIpc) is 3.01. The maximum atomic E-state index is 6.03. The third-order valence-electron chi connectivity index (χ3n) is 4.39. The summed E-state index contributed by atoms with van der Waals surface area (Å²) in [5.74, 6) is 2.11. The summed E-state index contributed by atoms with van der Waals surface area (Å²) in [4.78, 5) is 6.97. The molecule has 6 heteroatoms. The second-order valence-corrected chi connectivity index (χ2v) is 7.08. The zero-order chi connectivity index (χ0) is 16.2. The van der Waals surface area contributed by atoms with Gasteiger partial charge in [-0.05, 0) is 63.0 Å². The monoisotopic (exact) mass is 353 g/mol. The van der Waals surface area contributed by atoms with E-state index in [4.69, 9.17) is 27.7 Å². The van der Waals surface area contributed by atoms with Gasteiger partial charge in [-0.3, -0.25) is 0 Å². The molecule has 1 aromatic carbocycles. The van der Waals surface area contributed by atoms with Crippen LogP contribution >= 0.6 is 23.2 Å². The molecule has 1 fully saturated rings. The van der Waals surface area contributed by atoms with E-state index in [1.165, 1.54) is 25.9 Å². The molecule has 124 valence electrons. The van der Waals surface area contributed by atoms with Crippen LogP contribution < -0.4 is 0 Å². The first-order chi connectivity index (χ1) is 11.1. The van der Waals surface area contributed by atoms with Gasteiger partial charge in [0.2, 0.25) is 11.7 Å². The molecular weight excluding hydrogens is 333 g/mol. The second-order valence-electron chi connectivity index (χ2n) is 6.27. The van der Waals surface area contributed by atoms with Gasteiger partial charge in [0.15, 0.2) is 0 Å². The average molecular weight is 354 g/mol. The van der Waals surface area contributed by atoms with Gasteiger partial charge in [-0.15, -0.1) is 0 Å². The van der Waals surface area contributed by atoms with Crippen LogP contribution in [0.5, 0.6) is 0 Å². The molecule has 23 heavy (non-hydrogen) atoms. The van der Waals surface area contributed by atoms with Crippen LogP contribution in [0.25, 0.3) is 11.4 Å². The number of rotatable bonds is 5. The maximum Gasteiger partial charge on any atom is 0.227 e. The van der Waals surface area contributed by atoms with Gasteiger partial charge >= 0.3 is 0 Å². The van der Waals surface area contributed by atoms with Gasteiger partial charge in [-0.2, -0.15) is 4.98 Å². The van der Waals surface area contributed by atoms with E-state index in [0.717, 1.165) is 30.9 Å². The highest BCUT2D eigenvalue weighted by molar-refractivity contribution is 6.42. The van der Waals surface area contributed by atoms with Crippen molar-refractivity contribution < 1.29 is 4.52 Å². The molecule has 0 N–H and O–H groups in total. The number of benzene rings is 1. The Morgan fingerprint density at radius 3 is 2.74 bits per heavy atom. The van der Waals surface area contributed by atoms with Crippen molar-refractivity contribution in [3.05, 3.63) is 34.1 Å². The fourth-order valence-electron chi connectivity index (χ4n) is 2.85. The van der Waals surface area contributed by atoms with Gasteiger partial charge in [0.1, 0.15) is 0 Å². The van der Waals surface area contributed by atoms with Crippen LogP contribution in [0.3, 0.4) is 0 Å². The first-order valence-corrected chi connectivity index (χ1v) is 8.88. The Kier molecular flexibility index (Phi) is 5.57. The molecule has 0 unspecified atom stereocenters. The summed E-state index contributed by atoms with van der Waals surface area (Å²) >= 11 is 12.0. The second kappa shape index (κ2) is 7.65. The summed E-state index contributed by atoms with van der Waals surface area (Å²) in [5, 5.41) is 5.05. The van der Waals surface area contributed by atoms with E-state index in [-0.39, 0.29) is 0 Å². The standard InChI is InChI=1S/C17H21Cl2N3O/c1-12-6-9-22(10-7-12)8-2-3-16-20-17(21-23-16)13-4-5-14(18)15(19)11-13/h4-5,11-12H,2-3,6-10H2,1H3. The minimum atomic E-state index is 0.495. The molecule has 2 aromatic rings. The third kappa shape index (κ3) is 4.46. The summed E-state index contributed by atoms with van der Waals surface area (Å²) in [6, 6.07) is 5.35. The summed E-state index contributed by atoms with van der Waals surface area (Å²) in [6.07, 6.45) is 4.46. The largest absolute Gasteiger partial charge is 0.339 e. The van der Waals surface area contributed by atoms with Crippen LogP contribution in [0.1, 0.15) is 32.1 Å². The molecule has 1 aliphatic heterocycles. The van der Waals surface area contributed by atoms with Crippen LogP contribution in [0.15, 0.2) is 22.7 Å². The lowest BCUT2D eigenvalue weighted by Gasteiger charge is -2.29. The van der Waals surface area contributed by atoms with Gasteiger partial charge in [-0.25, -0.2) is 0 Å². The van der Waals surface area contributed by atoms with Crippen LogP contribution in [0, 0.1) is 5.92 Å². The molecule has 2 heterocycles. The highest BCUT2D eigenvalue weighted by Gasteiger charge is 2.16. The molecule has 1 aromatic heterocycles. The van der Waals surface area contributed by atoms with Crippen molar-refractivity contribution in [2.45, 2.75) is 32.6 Å². The molecule has 0 saturated carbocycles. The third-order valence-corrected chi connectivity index (χ3v) is 5.13. The Labute approximate surface area is 146 Å². The number of aryl methyl sites for hydroxylation is 1. The zero-order valence-electron chi connectivity index (χ0n) is 13.3. The molecule has 0 atom stereocenters. The quantitative estimate of drug-likeness (QED) is 0.780. The number of aromatic nitrogens is 2. The van der Waals surface area contributed by atoms with E-state index < -0.39 is 0 Å². The highest BCUT2D eigenvalue weighted by Crippen LogP contribution is 2.27. The maximum absolute atomic E-state index is 6.03. The van der Waals surface area contributed by atoms with E-state index in [1.807, 2.05) is 6.07 Å². The van der Waals surface area contributed by atoms with Crippen LogP contribution in [0.2, 0.25) is 10.0 Å². The topological polar surface area (TPSA) is 42.2 Å². The minimum Gasteiger partial charge on any atom is -0.339 e. The molecule has 1 saturated heterocycles.